The Balaban J connectivity index is 1.97. The average molecular weight is 321 g/mol. The van der Waals surface area contributed by atoms with E-state index >= 15 is 0 Å². The summed E-state index contributed by atoms with van der Waals surface area (Å²) in [7, 11) is -3.27. The van der Waals surface area contributed by atoms with Crippen LogP contribution in [0.5, 0.6) is 0 Å². The van der Waals surface area contributed by atoms with Crippen molar-refractivity contribution >= 4 is 33.2 Å². The first kappa shape index (κ1) is 15.6. The van der Waals surface area contributed by atoms with Crippen LogP contribution in [0, 0.1) is 0 Å². The first-order valence-corrected chi connectivity index (χ1v) is 9.11. The van der Waals surface area contributed by atoms with Gasteiger partial charge in [-0.3, -0.25) is 4.79 Å². The van der Waals surface area contributed by atoms with E-state index in [0.717, 1.165) is 11.2 Å². The van der Waals surface area contributed by atoms with Gasteiger partial charge >= 0.3 is 0 Å². The number of nitrogens with one attached hydrogen (secondary N) is 1. The largest absolute Gasteiger partial charge is 0.325 e. The number of benzene rings is 2. The van der Waals surface area contributed by atoms with Gasteiger partial charge in [0.15, 0.2) is 9.84 Å². The van der Waals surface area contributed by atoms with E-state index in [1.807, 2.05) is 30.3 Å². The van der Waals surface area contributed by atoms with Crippen LogP contribution in [-0.4, -0.2) is 26.3 Å². The Morgan fingerprint density at radius 3 is 2.48 bits per heavy atom. The summed E-state index contributed by atoms with van der Waals surface area (Å²) >= 11 is 1.43. The molecule has 0 heterocycles. The van der Waals surface area contributed by atoms with E-state index in [-0.39, 0.29) is 16.6 Å². The Hall–Kier alpha value is -1.79. The molecule has 21 heavy (non-hydrogen) atoms. The molecule has 0 aromatic heterocycles. The number of hydrogen-bond acceptors (Lipinski definition) is 4. The third-order valence-electron chi connectivity index (χ3n) is 2.66. The predicted octanol–water partition coefficient (Wildman–Crippen LogP) is 2.82. The minimum absolute atomic E-state index is 0.172. The maximum Gasteiger partial charge on any atom is 0.234 e. The van der Waals surface area contributed by atoms with Crippen LogP contribution in [0.3, 0.4) is 0 Å². The standard InChI is InChI=1S/C15H15NO3S2/c1-21(18,19)14-9-5-6-12(10-14)16-15(17)11-20-13-7-3-2-4-8-13/h2-10H,11H2,1H3,(H,16,17). The molecule has 0 saturated heterocycles. The molecule has 0 aliphatic carbocycles. The van der Waals surface area contributed by atoms with Crippen molar-refractivity contribution in [3.8, 4) is 0 Å². The van der Waals surface area contributed by atoms with Gasteiger partial charge < -0.3 is 5.32 Å². The van der Waals surface area contributed by atoms with Crippen molar-refractivity contribution in [3.63, 3.8) is 0 Å². The van der Waals surface area contributed by atoms with Gasteiger partial charge in [-0.05, 0) is 30.3 Å². The van der Waals surface area contributed by atoms with E-state index in [9.17, 15) is 13.2 Å². The third-order valence-corrected chi connectivity index (χ3v) is 4.78. The van der Waals surface area contributed by atoms with Crippen molar-refractivity contribution in [2.24, 2.45) is 0 Å². The molecule has 2 rings (SSSR count). The summed E-state index contributed by atoms with van der Waals surface area (Å²) in [5.41, 5.74) is 0.483. The summed E-state index contributed by atoms with van der Waals surface area (Å²) in [6, 6.07) is 15.8. The molecule has 1 amide bonds. The van der Waals surface area contributed by atoms with Crippen LogP contribution in [0.2, 0.25) is 0 Å². The third kappa shape index (κ3) is 4.91. The fourth-order valence-corrected chi connectivity index (χ4v) is 3.05. The predicted molar refractivity (Wildman–Crippen MR) is 85.3 cm³/mol. The number of anilines is 1. The zero-order valence-corrected chi connectivity index (χ0v) is 13.1. The van der Waals surface area contributed by atoms with Crippen LogP contribution in [0.25, 0.3) is 0 Å². The zero-order chi connectivity index (χ0) is 15.3. The summed E-state index contributed by atoms with van der Waals surface area (Å²) in [4.78, 5) is 13.1. The first-order valence-electron chi connectivity index (χ1n) is 6.23. The van der Waals surface area contributed by atoms with Gasteiger partial charge in [-0.1, -0.05) is 24.3 Å². The Morgan fingerprint density at radius 1 is 1.10 bits per heavy atom. The lowest BCUT2D eigenvalue weighted by molar-refractivity contribution is -0.113. The van der Waals surface area contributed by atoms with Crippen molar-refractivity contribution < 1.29 is 13.2 Å². The summed E-state index contributed by atoms with van der Waals surface area (Å²) < 4.78 is 22.9. The average Bonchev–Trinajstić information content (AvgIpc) is 2.46. The van der Waals surface area contributed by atoms with Crippen LogP contribution >= 0.6 is 11.8 Å². The molecule has 0 spiro atoms. The Bertz CT molecular complexity index is 728. The van der Waals surface area contributed by atoms with Crippen LogP contribution in [0.15, 0.2) is 64.4 Å². The highest BCUT2D eigenvalue weighted by molar-refractivity contribution is 8.00. The van der Waals surface area contributed by atoms with Gasteiger partial charge in [0.25, 0.3) is 0 Å². The van der Waals surface area contributed by atoms with Crippen molar-refractivity contribution in [1.82, 2.24) is 0 Å². The van der Waals surface area contributed by atoms with Crippen molar-refractivity contribution in [2.75, 3.05) is 17.3 Å². The Morgan fingerprint density at radius 2 is 1.81 bits per heavy atom. The van der Waals surface area contributed by atoms with Crippen LogP contribution in [0.1, 0.15) is 0 Å². The molecular weight excluding hydrogens is 306 g/mol. The molecule has 2 aromatic rings. The molecule has 0 bridgehead atoms. The lowest BCUT2D eigenvalue weighted by Gasteiger charge is -2.06. The number of amides is 1. The molecule has 0 saturated carbocycles. The zero-order valence-electron chi connectivity index (χ0n) is 11.4. The monoisotopic (exact) mass is 321 g/mol. The first-order chi connectivity index (χ1) is 9.95. The van der Waals surface area contributed by atoms with Crippen molar-refractivity contribution in [1.29, 1.82) is 0 Å². The van der Waals surface area contributed by atoms with E-state index in [1.54, 1.807) is 12.1 Å². The quantitative estimate of drug-likeness (QED) is 0.860. The number of carbonyl (C=O) groups excluding carboxylic acids is 1. The lowest BCUT2D eigenvalue weighted by atomic mass is 10.3. The van der Waals surface area contributed by atoms with Crippen LogP contribution < -0.4 is 5.32 Å². The second-order valence-corrected chi connectivity index (χ2v) is 7.51. The van der Waals surface area contributed by atoms with E-state index in [1.165, 1.54) is 23.9 Å². The van der Waals surface area contributed by atoms with Crippen LogP contribution in [-0.2, 0) is 14.6 Å². The van der Waals surface area contributed by atoms with E-state index in [2.05, 4.69) is 5.32 Å². The van der Waals surface area contributed by atoms with Gasteiger partial charge in [-0.2, -0.15) is 0 Å². The normalized spacial score (nSPS) is 11.1. The van der Waals surface area contributed by atoms with Gasteiger partial charge in [-0.25, -0.2) is 8.42 Å². The molecule has 0 atom stereocenters. The van der Waals surface area contributed by atoms with E-state index < -0.39 is 9.84 Å². The highest BCUT2D eigenvalue weighted by Gasteiger charge is 2.09. The highest BCUT2D eigenvalue weighted by atomic mass is 32.2. The minimum atomic E-state index is -3.27. The molecule has 2 aromatic carbocycles. The topological polar surface area (TPSA) is 63.2 Å². The summed E-state index contributed by atoms with van der Waals surface area (Å²) in [5, 5.41) is 2.70. The minimum Gasteiger partial charge on any atom is -0.325 e. The second kappa shape index (κ2) is 6.78. The van der Waals surface area contributed by atoms with Crippen molar-refractivity contribution in [3.05, 3.63) is 54.6 Å². The summed E-state index contributed by atoms with van der Waals surface area (Å²) in [6.07, 6.45) is 1.14. The summed E-state index contributed by atoms with van der Waals surface area (Å²) in [6.45, 7) is 0. The molecule has 6 heteroatoms. The maximum atomic E-state index is 11.9. The smallest absolute Gasteiger partial charge is 0.234 e. The molecule has 110 valence electrons. The maximum absolute atomic E-state index is 11.9. The number of rotatable bonds is 5. The summed E-state index contributed by atoms with van der Waals surface area (Å²) in [5.74, 6) is 0.0992. The molecule has 0 fully saturated rings. The lowest BCUT2D eigenvalue weighted by Crippen LogP contribution is -2.14. The van der Waals surface area contributed by atoms with Gasteiger partial charge in [0.05, 0.1) is 10.6 Å². The van der Waals surface area contributed by atoms with Gasteiger partial charge in [-0.15, -0.1) is 11.8 Å². The van der Waals surface area contributed by atoms with Crippen molar-refractivity contribution in [2.45, 2.75) is 9.79 Å². The fraction of sp³-hybridized carbons (Fsp3) is 0.133. The number of sulfone groups is 1. The molecule has 0 aliphatic heterocycles. The van der Waals surface area contributed by atoms with Gasteiger partial charge in [0, 0.05) is 16.8 Å². The van der Waals surface area contributed by atoms with Gasteiger partial charge in [0.1, 0.15) is 0 Å². The molecular formula is C15H15NO3S2. The van der Waals surface area contributed by atoms with Crippen LogP contribution in [0.4, 0.5) is 5.69 Å². The number of thioether (sulfide) groups is 1. The molecule has 4 nitrogen and oxygen atoms in total. The molecule has 1 N–H and O–H groups in total. The second-order valence-electron chi connectivity index (χ2n) is 4.45. The Labute approximate surface area is 128 Å². The SMILES string of the molecule is CS(=O)(=O)c1cccc(NC(=O)CSc2ccccc2)c1. The molecule has 0 aliphatic rings. The fourth-order valence-electron chi connectivity index (χ4n) is 1.67. The van der Waals surface area contributed by atoms with E-state index in [0.29, 0.717) is 5.69 Å². The number of hydrogen-bond donors (Lipinski definition) is 1. The van der Waals surface area contributed by atoms with E-state index in [4.69, 9.17) is 0 Å². The van der Waals surface area contributed by atoms with Gasteiger partial charge in [0.2, 0.25) is 5.91 Å². The molecule has 0 radical (unpaired) electrons. The Kier molecular flexibility index (Phi) is 5.03. The highest BCUT2D eigenvalue weighted by Crippen LogP contribution is 2.18. The number of carbonyl (C=O) groups is 1. The molecule has 0 unspecified atom stereocenters.